The van der Waals surface area contributed by atoms with Gasteiger partial charge < -0.3 is 50.1 Å². The van der Waals surface area contributed by atoms with E-state index < -0.39 is 76.2 Å². The molecule has 2 rings (SSSR count). The number of carbonyl (C=O) groups is 4. The summed E-state index contributed by atoms with van der Waals surface area (Å²) in [6, 6.07) is 4.04. The molecule has 16 nitrogen and oxygen atoms in total. The molecule has 0 aliphatic heterocycles. The number of benzene rings is 2. The van der Waals surface area contributed by atoms with Crippen LogP contribution >= 0.6 is 0 Å². The minimum Gasteiger partial charge on any atom is -0.744 e. The van der Waals surface area contributed by atoms with E-state index in [1.54, 1.807) is 0 Å². The van der Waals surface area contributed by atoms with Crippen molar-refractivity contribution in [2.24, 2.45) is 0 Å². The maximum Gasteiger partial charge on any atom is 2.00 e. The molecular formula is C16H12O16Pb2S2. The SMILES string of the molecule is O.O.O=C([O-])c1ccc(C(=O)O)c(S(=O)(=O)[O-])c1.O=C([O-])c1ccc(C(=O)O)c(S(=O)(=O)[O-])c1.[Pb+2].[Pb+2]. The van der Waals surface area contributed by atoms with Gasteiger partial charge in [0.25, 0.3) is 0 Å². The quantitative estimate of drug-likeness (QED) is 0.202. The number of aromatic carboxylic acids is 4. The fourth-order valence-electron chi connectivity index (χ4n) is 2.07. The van der Waals surface area contributed by atoms with E-state index in [1.165, 1.54) is 0 Å². The minimum atomic E-state index is -5.06. The van der Waals surface area contributed by atoms with Gasteiger partial charge in [-0.25, -0.2) is 26.4 Å². The number of hydrogen-bond acceptors (Lipinski definition) is 12. The second kappa shape index (κ2) is 15.9. The molecule has 0 aromatic heterocycles. The number of carbonyl (C=O) groups excluding carboxylic acids is 2. The molecule has 0 saturated heterocycles. The predicted octanol–water partition coefficient (Wildman–Crippen LogP) is -5.11. The van der Waals surface area contributed by atoms with E-state index >= 15 is 0 Å². The molecule has 0 aliphatic rings. The van der Waals surface area contributed by atoms with Gasteiger partial charge in [-0.05, 0) is 35.4 Å². The van der Waals surface area contributed by atoms with Crippen LogP contribution in [0.3, 0.4) is 0 Å². The Hall–Kier alpha value is -2.10. The molecule has 0 heterocycles. The third-order valence-corrected chi connectivity index (χ3v) is 5.19. The minimum absolute atomic E-state index is 0. The van der Waals surface area contributed by atoms with Crippen molar-refractivity contribution in [1.82, 2.24) is 0 Å². The molecule has 4 radical (unpaired) electrons. The van der Waals surface area contributed by atoms with Crippen LogP contribution < -0.4 is 10.2 Å². The zero-order valence-electron chi connectivity index (χ0n) is 17.1. The van der Waals surface area contributed by atoms with Crippen molar-refractivity contribution >= 4 is 98.7 Å². The van der Waals surface area contributed by atoms with Gasteiger partial charge in [0.1, 0.15) is 20.2 Å². The molecule has 192 valence electrons. The van der Waals surface area contributed by atoms with Crippen molar-refractivity contribution in [1.29, 1.82) is 0 Å². The van der Waals surface area contributed by atoms with Gasteiger partial charge >= 0.3 is 66.5 Å². The van der Waals surface area contributed by atoms with E-state index in [2.05, 4.69) is 0 Å². The van der Waals surface area contributed by atoms with E-state index in [4.69, 9.17) is 10.2 Å². The molecule has 0 unspecified atom stereocenters. The zero-order valence-corrected chi connectivity index (χ0v) is 26.5. The zero-order chi connectivity index (χ0) is 25.0. The van der Waals surface area contributed by atoms with Gasteiger partial charge in [-0.1, -0.05) is 12.1 Å². The summed E-state index contributed by atoms with van der Waals surface area (Å²) in [6.07, 6.45) is 0. The van der Waals surface area contributed by atoms with Crippen molar-refractivity contribution in [2.75, 3.05) is 0 Å². The van der Waals surface area contributed by atoms with Crippen LogP contribution in [0.1, 0.15) is 41.4 Å². The van der Waals surface area contributed by atoms with Gasteiger partial charge in [0.15, 0.2) is 0 Å². The molecule has 20 heteroatoms. The fourth-order valence-corrected chi connectivity index (χ4v) is 3.46. The van der Waals surface area contributed by atoms with Gasteiger partial charge in [-0.3, -0.25) is 0 Å². The summed E-state index contributed by atoms with van der Waals surface area (Å²) in [6.45, 7) is 0. The Morgan fingerprint density at radius 3 is 1.03 bits per heavy atom. The Morgan fingerprint density at radius 1 is 0.611 bits per heavy atom. The maximum absolute atomic E-state index is 10.7. The van der Waals surface area contributed by atoms with Crippen LogP contribution in [0.2, 0.25) is 0 Å². The first-order valence-electron chi connectivity index (χ1n) is 7.56. The third kappa shape index (κ3) is 11.3. The van der Waals surface area contributed by atoms with Crippen LogP contribution in [0.25, 0.3) is 0 Å². The first kappa shape index (κ1) is 41.0. The second-order valence-electron chi connectivity index (χ2n) is 5.52. The average molecular weight is 939 g/mol. The van der Waals surface area contributed by atoms with Crippen LogP contribution in [0, 0.1) is 0 Å². The molecule has 0 spiro atoms. The van der Waals surface area contributed by atoms with Crippen molar-refractivity contribution in [3.63, 3.8) is 0 Å². The summed E-state index contributed by atoms with van der Waals surface area (Å²) in [5.41, 5.74) is -2.72. The Bertz CT molecular complexity index is 1230. The molecule has 0 aliphatic carbocycles. The molecule has 36 heavy (non-hydrogen) atoms. The van der Waals surface area contributed by atoms with Crippen molar-refractivity contribution < 1.29 is 76.5 Å². The summed E-state index contributed by atoms with van der Waals surface area (Å²) in [5, 5.41) is 38.0. The van der Waals surface area contributed by atoms with E-state index in [0.717, 1.165) is 24.3 Å². The smallest absolute Gasteiger partial charge is 0.744 e. The molecule has 0 bridgehead atoms. The van der Waals surface area contributed by atoms with Gasteiger partial charge in [-0.15, -0.1) is 0 Å². The Kier molecular flexibility index (Phi) is 18.1. The normalized spacial score (nSPS) is 9.83. The molecule has 6 N–H and O–H groups in total. The largest absolute Gasteiger partial charge is 2.00 e. The molecule has 0 amide bonds. The summed E-state index contributed by atoms with van der Waals surface area (Å²) >= 11 is 0. The number of carboxylic acids is 4. The molecule has 0 saturated carbocycles. The van der Waals surface area contributed by atoms with Crippen molar-refractivity contribution in [3.8, 4) is 0 Å². The standard InChI is InChI=1S/2C8H6O7S.2H2O.2Pb/c2*9-7(10)4-1-2-5(8(11)12)6(3-4)16(13,14)15;;;;/h2*1-3H,(H,9,10)(H,11,12)(H,13,14,15);2*1H2;;/q;;;;2*+2/p-4. The second-order valence-corrected chi connectivity index (χ2v) is 8.21. The number of rotatable bonds is 6. The van der Waals surface area contributed by atoms with Crippen LogP contribution in [0.15, 0.2) is 46.2 Å². The predicted molar refractivity (Wildman–Crippen MR) is 110 cm³/mol. The van der Waals surface area contributed by atoms with E-state index in [9.17, 15) is 55.3 Å². The number of hydrogen-bond donors (Lipinski definition) is 2. The van der Waals surface area contributed by atoms with E-state index in [1.807, 2.05) is 0 Å². The molecule has 0 fully saturated rings. The first-order valence-corrected chi connectivity index (χ1v) is 10.4. The Labute approximate surface area is 242 Å². The summed E-state index contributed by atoms with van der Waals surface area (Å²) in [4.78, 5) is 39.8. The Morgan fingerprint density at radius 2 is 0.861 bits per heavy atom. The van der Waals surface area contributed by atoms with Crippen LogP contribution in [-0.4, -0.2) is 126 Å². The van der Waals surface area contributed by atoms with Gasteiger partial charge in [0.2, 0.25) is 0 Å². The van der Waals surface area contributed by atoms with Crippen LogP contribution in [0.4, 0.5) is 0 Å². The Balaban J connectivity index is -0.000000256. The van der Waals surface area contributed by atoms with E-state index in [0.29, 0.717) is 12.1 Å². The molecular weight excluding hydrogens is 927 g/mol. The summed E-state index contributed by atoms with van der Waals surface area (Å²) in [5.74, 6) is -6.69. The molecule has 2 aromatic carbocycles. The van der Waals surface area contributed by atoms with Crippen LogP contribution in [-0.2, 0) is 20.2 Å². The van der Waals surface area contributed by atoms with Gasteiger partial charge in [0, 0.05) is 0 Å². The summed E-state index contributed by atoms with van der Waals surface area (Å²) < 4.78 is 64.2. The molecule has 2 aromatic rings. The van der Waals surface area contributed by atoms with E-state index in [-0.39, 0.29) is 65.5 Å². The topological polar surface area (TPSA) is 332 Å². The number of carboxylic acid groups (broad SMARTS) is 4. The fraction of sp³-hybridized carbons (Fsp3) is 0. The van der Waals surface area contributed by atoms with Gasteiger partial charge in [0.05, 0.1) is 32.9 Å². The first-order chi connectivity index (χ1) is 14.5. The van der Waals surface area contributed by atoms with Gasteiger partial charge in [-0.2, -0.15) is 0 Å². The summed E-state index contributed by atoms with van der Waals surface area (Å²) in [7, 11) is -10.1. The van der Waals surface area contributed by atoms with Crippen molar-refractivity contribution in [3.05, 3.63) is 58.7 Å². The maximum atomic E-state index is 10.7. The van der Waals surface area contributed by atoms with Crippen LogP contribution in [0.5, 0.6) is 0 Å². The monoisotopic (exact) mass is 940 g/mol. The third-order valence-electron chi connectivity index (χ3n) is 3.43. The average Bonchev–Trinajstić information content (AvgIpc) is 2.65. The molecule has 0 atom stereocenters. The van der Waals surface area contributed by atoms with Crippen molar-refractivity contribution in [2.45, 2.75) is 9.79 Å².